The normalized spacial score (nSPS) is 10.7. The van der Waals surface area contributed by atoms with E-state index in [1.807, 2.05) is 32.2 Å². The van der Waals surface area contributed by atoms with E-state index >= 15 is 0 Å². The predicted molar refractivity (Wildman–Crippen MR) is 99.1 cm³/mol. The summed E-state index contributed by atoms with van der Waals surface area (Å²) in [6.45, 7) is 4.20. The highest BCUT2D eigenvalue weighted by Gasteiger charge is 2.17. The molecule has 0 saturated carbocycles. The first-order valence-corrected chi connectivity index (χ1v) is 8.48. The molecule has 3 aromatic heterocycles. The molecule has 2 amide bonds. The van der Waals surface area contributed by atoms with E-state index in [-0.39, 0.29) is 11.8 Å². The summed E-state index contributed by atoms with van der Waals surface area (Å²) < 4.78 is 1.80. The van der Waals surface area contributed by atoms with Crippen LogP contribution in [0.4, 0.5) is 5.69 Å². The third-order valence-electron chi connectivity index (χ3n) is 4.05. The maximum Gasteiger partial charge on any atom is 0.270 e. The number of hydrogen-bond acceptors (Lipinski definition) is 4. The number of rotatable bonds is 6. The predicted octanol–water partition coefficient (Wildman–Crippen LogP) is 2.49. The van der Waals surface area contributed by atoms with E-state index in [4.69, 9.17) is 0 Å². The molecular weight excluding hydrogens is 330 g/mol. The molecule has 3 rings (SSSR count). The van der Waals surface area contributed by atoms with Crippen molar-refractivity contribution in [3.05, 3.63) is 59.8 Å². The number of aromatic nitrogens is 3. The Morgan fingerprint density at radius 2 is 2.04 bits per heavy atom. The Labute approximate surface area is 151 Å². The zero-order chi connectivity index (χ0) is 18.5. The average Bonchev–Trinajstić information content (AvgIpc) is 2.97. The van der Waals surface area contributed by atoms with Gasteiger partial charge in [0.15, 0.2) is 0 Å². The average molecular weight is 351 g/mol. The van der Waals surface area contributed by atoms with Gasteiger partial charge < -0.3 is 10.6 Å². The first-order valence-electron chi connectivity index (χ1n) is 8.48. The van der Waals surface area contributed by atoms with Crippen molar-refractivity contribution in [1.82, 2.24) is 19.7 Å². The molecule has 0 aliphatic heterocycles. The molecule has 134 valence electrons. The summed E-state index contributed by atoms with van der Waals surface area (Å²) in [5.74, 6) is -0.290. The molecule has 0 fully saturated rings. The molecule has 0 aliphatic rings. The highest BCUT2D eigenvalue weighted by molar-refractivity contribution is 5.95. The second-order valence-electron chi connectivity index (χ2n) is 6.08. The molecule has 0 bridgehead atoms. The van der Waals surface area contributed by atoms with Crippen LogP contribution in [0.5, 0.6) is 0 Å². The topological polar surface area (TPSA) is 88.4 Å². The van der Waals surface area contributed by atoms with Gasteiger partial charge in [0, 0.05) is 25.4 Å². The molecule has 0 aromatic carbocycles. The Bertz CT molecular complexity index is 934. The lowest BCUT2D eigenvalue weighted by Gasteiger charge is -2.07. The molecule has 0 radical (unpaired) electrons. The molecule has 2 N–H and O–H groups in total. The van der Waals surface area contributed by atoms with Crippen LogP contribution in [0.1, 0.15) is 34.6 Å². The maximum atomic E-state index is 12.5. The van der Waals surface area contributed by atoms with Gasteiger partial charge in [-0.3, -0.25) is 19.0 Å². The van der Waals surface area contributed by atoms with Crippen LogP contribution < -0.4 is 10.6 Å². The van der Waals surface area contributed by atoms with Crippen LogP contribution in [0.15, 0.2) is 42.9 Å². The monoisotopic (exact) mass is 351 g/mol. The van der Waals surface area contributed by atoms with Crippen molar-refractivity contribution in [1.29, 1.82) is 0 Å². The summed E-state index contributed by atoms with van der Waals surface area (Å²) in [5, 5.41) is 5.63. The van der Waals surface area contributed by atoms with Crippen molar-refractivity contribution in [2.45, 2.75) is 26.7 Å². The third kappa shape index (κ3) is 3.88. The highest BCUT2D eigenvalue weighted by atomic mass is 16.2. The number of carbonyl (C=O) groups excluding carboxylic acids is 2. The summed E-state index contributed by atoms with van der Waals surface area (Å²) in [4.78, 5) is 32.8. The second kappa shape index (κ2) is 7.77. The fourth-order valence-corrected chi connectivity index (χ4v) is 2.79. The fraction of sp³-hybridized carbons (Fsp3) is 0.263. The SMILES string of the molecule is Cc1nc2c(C)cccn2c1C(=O)NCCCC(=O)Nc1cccnc1. The summed E-state index contributed by atoms with van der Waals surface area (Å²) in [6, 6.07) is 7.39. The smallest absolute Gasteiger partial charge is 0.270 e. The minimum absolute atomic E-state index is 0.103. The number of pyridine rings is 2. The van der Waals surface area contributed by atoms with E-state index in [0.717, 1.165) is 11.2 Å². The van der Waals surface area contributed by atoms with E-state index in [9.17, 15) is 9.59 Å². The van der Waals surface area contributed by atoms with E-state index in [2.05, 4.69) is 20.6 Å². The lowest BCUT2D eigenvalue weighted by Crippen LogP contribution is -2.27. The molecule has 3 aromatic rings. The lowest BCUT2D eigenvalue weighted by molar-refractivity contribution is -0.116. The minimum Gasteiger partial charge on any atom is -0.351 e. The maximum absolute atomic E-state index is 12.5. The first-order chi connectivity index (χ1) is 12.6. The van der Waals surface area contributed by atoms with Crippen LogP contribution in [0, 0.1) is 13.8 Å². The van der Waals surface area contributed by atoms with Crippen LogP contribution in [0.2, 0.25) is 0 Å². The fourth-order valence-electron chi connectivity index (χ4n) is 2.79. The van der Waals surface area contributed by atoms with E-state index in [1.54, 1.807) is 28.9 Å². The molecule has 0 unspecified atom stereocenters. The number of carbonyl (C=O) groups is 2. The number of nitrogens with zero attached hydrogens (tertiary/aromatic N) is 3. The quantitative estimate of drug-likeness (QED) is 0.668. The van der Waals surface area contributed by atoms with Gasteiger partial charge in [0.25, 0.3) is 5.91 Å². The summed E-state index contributed by atoms with van der Waals surface area (Å²) in [5.41, 5.74) is 3.68. The molecular formula is C19H21N5O2. The Balaban J connectivity index is 1.53. The van der Waals surface area contributed by atoms with Gasteiger partial charge >= 0.3 is 0 Å². The van der Waals surface area contributed by atoms with Gasteiger partial charge in [-0.25, -0.2) is 4.98 Å². The standard InChI is InChI=1S/C19H21N5O2/c1-13-6-5-11-24-17(14(2)22-18(13)24)19(26)21-10-4-8-16(25)23-15-7-3-9-20-12-15/h3,5-7,9,11-12H,4,8,10H2,1-2H3,(H,21,26)(H,23,25). The lowest BCUT2D eigenvalue weighted by atomic mass is 10.2. The molecule has 26 heavy (non-hydrogen) atoms. The van der Waals surface area contributed by atoms with Crippen LogP contribution in [-0.2, 0) is 4.79 Å². The molecule has 0 aliphatic carbocycles. The summed E-state index contributed by atoms with van der Waals surface area (Å²) >= 11 is 0. The molecule has 0 atom stereocenters. The number of amides is 2. The summed E-state index contributed by atoms with van der Waals surface area (Å²) in [7, 11) is 0. The van der Waals surface area contributed by atoms with Crippen molar-refractivity contribution >= 4 is 23.1 Å². The molecule has 3 heterocycles. The molecule has 0 spiro atoms. The Morgan fingerprint density at radius 3 is 2.81 bits per heavy atom. The zero-order valence-electron chi connectivity index (χ0n) is 14.8. The van der Waals surface area contributed by atoms with Crippen molar-refractivity contribution in [3.63, 3.8) is 0 Å². The Morgan fingerprint density at radius 1 is 1.19 bits per heavy atom. The third-order valence-corrected chi connectivity index (χ3v) is 4.05. The number of anilines is 1. The van der Waals surface area contributed by atoms with Gasteiger partial charge in [-0.1, -0.05) is 6.07 Å². The number of imidazole rings is 1. The van der Waals surface area contributed by atoms with Gasteiger partial charge in [0.1, 0.15) is 11.3 Å². The number of aryl methyl sites for hydroxylation is 2. The second-order valence-corrected chi connectivity index (χ2v) is 6.08. The minimum atomic E-state index is -0.187. The van der Waals surface area contributed by atoms with Crippen molar-refractivity contribution in [3.8, 4) is 0 Å². The first kappa shape index (κ1) is 17.6. The van der Waals surface area contributed by atoms with Gasteiger partial charge in [-0.15, -0.1) is 0 Å². The van der Waals surface area contributed by atoms with Crippen LogP contribution >= 0.6 is 0 Å². The van der Waals surface area contributed by atoms with E-state index in [0.29, 0.717) is 36.5 Å². The van der Waals surface area contributed by atoms with Crippen molar-refractivity contribution in [2.75, 3.05) is 11.9 Å². The van der Waals surface area contributed by atoms with Gasteiger partial charge in [-0.2, -0.15) is 0 Å². The molecule has 0 saturated heterocycles. The molecule has 7 heteroatoms. The van der Waals surface area contributed by atoms with Crippen LogP contribution in [-0.4, -0.2) is 32.7 Å². The number of hydrogen-bond donors (Lipinski definition) is 2. The van der Waals surface area contributed by atoms with E-state index in [1.165, 1.54) is 0 Å². The number of fused-ring (bicyclic) bond motifs is 1. The Hall–Kier alpha value is -3.22. The Kier molecular flexibility index (Phi) is 5.26. The van der Waals surface area contributed by atoms with Gasteiger partial charge in [0.05, 0.1) is 17.6 Å². The van der Waals surface area contributed by atoms with E-state index < -0.39 is 0 Å². The largest absolute Gasteiger partial charge is 0.351 e. The number of nitrogens with one attached hydrogen (secondary N) is 2. The van der Waals surface area contributed by atoms with Crippen LogP contribution in [0.3, 0.4) is 0 Å². The highest BCUT2D eigenvalue weighted by Crippen LogP contribution is 2.15. The molecule has 7 nitrogen and oxygen atoms in total. The van der Waals surface area contributed by atoms with Gasteiger partial charge in [-0.05, 0) is 44.0 Å². The van der Waals surface area contributed by atoms with Crippen LogP contribution in [0.25, 0.3) is 5.65 Å². The summed E-state index contributed by atoms with van der Waals surface area (Å²) in [6.07, 6.45) is 5.94. The van der Waals surface area contributed by atoms with Crippen molar-refractivity contribution < 1.29 is 9.59 Å². The van der Waals surface area contributed by atoms with Crippen molar-refractivity contribution in [2.24, 2.45) is 0 Å². The zero-order valence-corrected chi connectivity index (χ0v) is 14.8. The van der Waals surface area contributed by atoms with Gasteiger partial charge in [0.2, 0.25) is 5.91 Å².